The molecule has 2 rings (SSSR count). The van der Waals surface area contributed by atoms with E-state index in [0.29, 0.717) is 6.10 Å². The molecule has 0 amide bonds. The molecule has 18 heavy (non-hydrogen) atoms. The Hall–Kier alpha value is -0.0800. The SMILES string of the molecule is CCC1CCCC(OC2(CNC)CCCCC2)C1. The van der Waals surface area contributed by atoms with Gasteiger partial charge in [0.25, 0.3) is 0 Å². The van der Waals surface area contributed by atoms with Gasteiger partial charge in [0.15, 0.2) is 0 Å². The normalized spacial score (nSPS) is 32.3. The van der Waals surface area contributed by atoms with Crippen LogP contribution in [0.4, 0.5) is 0 Å². The molecule has 2 aliphatic carbocycles. The molecule has 0 bridgehead atoms. The van der Waals surface area contributed by atoms with Crippen LogP contribution in [0.15, 0.2) is 0 Å². The Morgan fingerprint density at radius 1 is 1.11 bits per heavy atom. The summed E-state index contributed by atoms with van der Waals surface area (Å²) in [6.45, 7) is 3.37. The van der Waals surface area contributed by atoms with Crippen LogP contribution in [0, 0.1) is 5.92 Å². The Balaban J connectivity index is 1.91. The van der Waals surface area contributed by atoms with Gasteiger partial charge in [-0.15, -0.1) is 0 Å². The predicted molar refractivity (Wildman–Crippen MR) is 76.9 cm³/mol. The van der Waals surface area contributed by atoms with E-state index in [9.17, 15) is 0 Å². The summed E-state index contributed by atoms with van der Waals surface area (Å²) in [4.78, 5) is 0. The van der Waals surface area contributed by atoms with E-state index >= 15 is 0 Å². The van der Waals surface area contributed by atoms with Crippen LogP contribution in [0.25, 0.3) is 0 Å². The van der Waals surface area contributed by atoms with Crippen molar-refractivity contribution in [3.8, 4) is 0 Å². The summed E-state index contributed by atoms with van der Waals surface area (Å²) in [5, 5.41) is 3.37. The van der Waals surface area contributed by atoms with Crippen molar-refractivity contribution < 1.29 is 4.74 Å². The zero-order chi connectivity index (χ0) is 12.8. The first kappa shape index (κ1) is 14.3. The quantitative estimate of drug-likeness (QED) is 0.802. The maximum absolute atomic E-state index is 6.63. The number of hydrogen-bond donors (Lipinski definition) is 1. The summed E-state index contributed by atoms with van der Waals surface area (Å²) in [5.41, 5.74) is 0.160. The van der Waals surface area contributed by atoms with E-state index in [1.165, 1.54) is 64.2 Å². The van der Waals surface area contributed by atoms with Crippen molar-refractivity contribution in [2.24, 2.45) is 5.92 Å². The van der Waals surface area contributed by atoms with E-state index in [-0.39, 0.29) is 5.60 Å². The average Bonchev–Trinajstić information content (AvgIpc) is 2.40. The summed E-state index contributed by atoms with van der Waals surface area (Å²) >= 11 is 0. The smallest absolute Gasteiger partial charge is 0.0809 e. The third kappa shape index (κ3) is 3.71. The number of hydrogen-bond acceptors (Lipinski definition) is 2. The molecule has 2 atom stereocenters. The summed E-state index contributed by atoms with van der Waals surface area (Å²) in [6, 6.07) is 0. The standard InChI is InChI=1S/C16H31NO/c1-3-14-8-7-9-15(12-14)18-16(13-17-2)10-5-4-6-11-16/h14-15,17H,3-13H2,1-2H3. The molecular weight excluding hydrogens is 222 g/mol. The zero-order valence-corrected chi connectivity index (χ0v) is 12.3. The Morgan fingerprint density at radius 2 is 1.89 bits per heavy atom. The van der Waals surface area contributed by atoms with Crippen LogP contribution in [0.5, 0.6) is 0 Å². The highest BCUT2D eigenvalue weighted by Gasteiger charge is 2.36. The molecule has 2 fully saturated rings. The van der Waals surface area contributed by atoms with Gasteiger partial charge in [-0.3, -0.25) is 0 Å². The second kappa shape index (κ2) is 6.91. The highest BCUT2D eigenvalue weighted by atomic mass is 16.5. The molecule has 2 nitrogen and oxygen atoms in total. The fourth-order valence-electron chi connectivity index (χ4n) is 3.93. The van der Waals surface area contributed by atoms with Crippen molar-refractivity contribution in [1.82, 2.24) is 5.32 Å². The van der Waals surface area contributed by atoms with Crippen molar-refractivity contribution in [3.63, 3.8) is 0 Å². The van der Waals surface area contributed by atoms with Gasteiger partial charge in [-0.1, -0.05) is 45.4 Å². The zero-order valence-electron chi connectivity index (χ0n) is 12.3. The second-order valence-corrected chi connectivity index (χ2v) is 6.45. The number of nitrogens with one attached hydrogen (secondary N) is 1. The maximum atomic E-state index is 6.63. The van der Waals surface area contributed by atoms with Gasteiger partial charge >= 0.3 is 0 Å². The molecule has 2 unspecified atom stereocenters. The first-order valence-corrected chi connectivity index (χ1v) is 8.10. The minimum Gasteiger partial charge on any atom is -0.370 e. The molecule has 0 spiro atoms. The largest absolute Gasteiger partial charge is 0.370 e. The van der Waals surface area contributed by atoms with Gasteiger partial charge in [0.05, 0.1) is 11.7 Å². The number of ether oxygens (including phenoxy) is 1. The van der Waals surface area contributed by atoms with E-state index in [2.05, 4.69) is 19.3 Å². The molecule has 0 aliphatic heterocycles. The number of rotatable bonds is 5. The van der Waals surface area contributed by atoms with E-state index in [1.807, 2.05) is 0 Å². The summed E-state index contributed by atoms with van der Waals surface area (Å²) in [6.07, 6.45) is 13.9. The van der Waals surface area contributed by atoms with Crippen LogP contribution in [0.1, 0.15) is 71.1 Å². The summed E-state index contributed by atoms with van der Waals surface area (Å²) in [5.74, 6) is 0.916. The van der Waals surface area contributed by atoms with Crippen LogP contribution >= 0.6 is 0 Å². The first-order valence-electron chi connectivity index (χ1n) is 8.10. The molecule has 0 aromatic carbocycles. The molecule has 0 aromatic rings. The fourth-order valence-corrected chi connectivity index (χ4v) is 3.93. The molecule has 0 saturated heterocycles. The van der Waals surface area contributed by atoms with E-state index < -0.39 is 0 Å². The van der Waals surface area contributed by atoms with Crippen molar-refractivity contribution >= 4 is 0 Å². The molecule has 2 saturated carbocycles. The van der Waals surface area contributed by atoms with Crippen LogP contribution < -0.4 is 5.32 Å². The maximum Gasteiger partial charge on any atom is 0.0809 e. The van der Waals surface area contributed by atoms with Gasteiger partial charge in [-0.2, -0.15) is 0 Å². The van der Waals surface area contributed by atoms with Crippen molar-refractivity contribution in [2.75, 3.05) is 13.6 Å². The number of likely N-dealkylation sites (N-methyl/N-ethyl adjacent to an activating group) is 1. The summed E-state index contributed by atoms with van der Waals surface area (Å²) in [7, 11) is 2.06. The minimum absolute atomic E-state index is 0.160. The molecule has 2 aliphatic rings. The lowest BCUT2D eigenvalue weighted by Crippen LogP contribution is -2.47. The average molecular weight is 253 g/mol. The van der Waals surface area contributed by atoms with Gasteiger partial charge in [0.2, 0.25) is 0 Å². The topological polar surface area (TPSA) is 21.3 Å². The highest BCUT2D eigenvalue weighted by Crippen LogP contribution is 2.37. The van der Waals surface area contributed by atoms with Gasteiger partial charge in [0, 0.05) is 6.54 Å². The van der Waals surface area contributed by atoms with Crippen molar-refractivity contribution in [1.29, 1.82) is 0 Å². The van der Waals surface area contributed by atoms with Gasteiger partial charge in [0.1, 0.15) is 0 Å². The highest BCUT2D eigenvalue weighted by molar-refractivity contribution is 4.88. The molecule has 0 heterocycles. The van der Waals surface area contributed by atoms with Crippen LogP contribution in [-0.2, 0) is 4.74 Å². The van der Waals surface area contributed by atoms with Crippen LogP contribution in [0.3, 0.4) is 0 Å². The lowest BCUT2D eigenvalue weighted by atomic mass is 9.82. The van der Waals surface area contributed by atoms with E-state index in [1.54, 1.807) is 0 Å². The van der Waals surface area contributed by atoms with Crippen molar-refractivity contribution in [3.05, 3.63) is 0 Å². The third-order valence-corrected chi connectivity index (χ3v) is 4.99. The van der Waals surface area contributed by atoms with Gasteiger partial charge in [-0.25, -0.2) is 0 Å². The lowest BCUT2D eigenvalue weighted by molar-refractivity contribution is -0.126. The monoisotopic (exact) mass is 253 g/mol. The van der Waals surface area contributed by atoms with Crippen LogP contribution in [0.2, 0.25) is 0 Å². The van der Waals surface area contributed by atoms with Gasteiger partial charge < -0.3 is 10.1 Å². The predicted octanol–water partition coefficient (Wildman–Crippen LogP) is 3.89. The minimum atomic E-state index is 0.160. The Bertz CT molecular complexity index is 230. The first-order chi connectivity index (χ1) is 8.78. The molecule has 1 N–H and O–H groups in total. The lowest BCUT2D eigenvalue weighted by Gasteiger charge is -2.42. The molecule has 0 radical (unpaired) electrons. The summed E-state index contributed by atoms with van der Waals surface area (Å²) < 4.78 is 6.63. The van der Waals surface area contributed by atoms with E-state index in [0.717, 1.165) is 12.5 Å². The van der Waals surface area contributed by atoms with E-state index in [4.69, 9.17) is 4.74 Å². The third-order valence-electron chi connectivity index (χ3n) is 4.99. The molecule has 0 aromatic heterocycles. The Kier molecular flexibility index (Phi) is 5.50. The second-order valence-electron chi connectivity index (χ2n) is 6.45. The Labute approximate surface area is 113 Å². The van der Waals surface area contributed by atoms with Crippen molar-refractivity contribution in [2.45, 2.75) is 82.8 Å². The molecular formula is C16H31NO. The Morgan fingerprint density at radius 3 is 2.56 bits per heavy atom. The molecule has 106 valence electrons. The fraction of sp³-hybridized carbons (Fsp3) is 1.00. The van der Waals surface area contributed by atoms with Crippen LogP contribution in [-0.4, -0.2) is 25.3 Å². The molecule has 2 heteroatoms. The van der Waals surface area contributed by atoms with Gasteiger partial charge in [-0.05, 0) is 38.6 Å².